The molecular formula is C8H10N2O4. The van der Waals surface area contributed by atoms with Crippen molar-refractivity contribution >= 4 is 17.9 Å². The fraction of sp³-hybridized carbons (Fsp3) is 0.625. The molecule has 2 heterocycles. The van der Waals surface area contributed by atoms with Crippen molar-refractivity contribution in [2.24, 2.45) is 0 Å². The van der Waals surface area contributed by atoms with Gasteiger partial charge in [0.25, 0.3) is 0 Å². The second-order valence-electron chi connectivity index (χ2n) is 3.32. The van der Waals surface area contributed by atoms with Crippen molar-refractivity contribution in [2.75, 3.05) is 7.11 Å². The summed E-state index contributed by atoms with van der Waals surface area (Å²) in [6.07, 6.45) is 0.850. The standard InChI is InChI=1S/C8H10N2O4/c1-14-7(12)6-4-2-3-5(11)10(4)8(13)9-6/h4,6H,2-3H2,1H3,(H,9,13). The number of amides is 3. The van der Waals surface area contributed by atoms with Crippen molar-refractivity contribution in [1.29, 1.82) is 0 Å². The van der Waals surface area contributed by atoms with Crippen LogP contribution >= 0.6 is 0 Å². The van der Waals surface area contributed by atoms with Crippen LogP contribution < -0.4 is 5.32 Å². The van der Waals surface area contributed by atoms with E-state index in [0.717, 1.165) is 4.90 Å². The van der Waals surface area contributed by atoms with Crippen LogP contribution in [0.2, 0.25) is 0 Å². The van der Waals surface area contributed by atoms with Gasteiger partial charge in [-0.3, -0.25) is 9.69 Å². The van der Waals surface area contributed by atoms with Gasteiger partial charge in [0, 0.05) is 6.42 Å². The maximum atomic E-state index is 11.3. The van der Waals surface area contributed by atoms with E-state index >= 15 is 0 Å². The molecule has 6 nitrogen and oxygen atoms in total. The average Bonchev–Trinajstić information content (AvgIpc) is 2.68. The van der Waals surface area contributed by atoms with Crippen LogP contribution in [-0.4, -0.2) is 42.0 Å². The molecule has 0 aromatic heterocycles. The molecule has 0 spiro atoms. The van der Waals surface area contributed by atoms with Gasteiger partial charge in [-0.1, -0.05) is 0 Å². The number of fused-ring (bicyclic) bond motifs is 1. The number of esters is 1. The second kappa shape index (κ2) is 2.97. The SMILES string of the molecule is COC(=O)C1NC(=O)N2C(=O)CCC12. The van der Waals surface area contributed by atoms with Crippen molar-refractivity contribution in [3.05, 3.63) is 0 Å². The average molecular weight is 198 g/mol. The second-order valence-corrected chi connectivity index (χ2v) is 3.32. The van der Waals surface area contributed by atoms with Gasteiger partial charge in [0.2, 0.25) is 5.91 Å². The van der Waals surface area contributed by atoms with Crippen molar-refractivity contribution in [1.82, 2.24) is 10.2 Å². The highest BCUT2D eigenvalue weighted by Crippen LogP contribution is 2.26. The topological polar surface area (TPSA) is 75.7 Å². The number of imide groups is 1. The number of hydrogen-bond donors (Lipinski definition) is 1. The monoisotopic (exact) mass is 198 g/mol. The molecule has 2 rings (SSSR count). The molecule has 2 aliphatic heterocycles. The highest BCUT2D eigenvalue weighted by molar-refractivity contribution is 6.01. The molecule has 2 saturated heterocycles. The molecule has 2 fully saturated rings. The first-order chi connectivity index (χ1) is 6.65. The summed E-state index contributed by atoms with van der Waals surface area (Å²) in [5.41, 5.74) is 0. The fourth-order valence-corrected chi connectivity index (χ4v) is 1.93. The molecule has 0 aliphatic carbocycles. The molecule has 3 amide bonds. The Morgan fingerprint density at radius 2 is 2.29 bits per heavy atom. The van der Waals surface area contributed by atoms with Crippen LogP contribution in [0.25, 0.3) is 0 Å². The Morgan fingerprint density at radius 3 is 2.93 bits per heavy atom. The van der Waals surface area contributed by atoms with E-state index in [4.69, 9.17) is 0 Å². The Kier molecular flexibility index (Phi) is 1.90. The highest BCUT2D eigenvalue weighted by atomic mass is 16.5. The smallest absolute Gasteiger partial charge is 0.330 e. The first kappa shape index (κ1) is 8.98. The third-order valence-electron chi connectivity index (χ3n) is 2.59. The van der Waals surface area contributed by atoms with Crippen LogP contribution in [0, 0.1) is 0 Å². The lowest BCUT2D eigenvalue weighted by atomic mass is 10.1. The van der Waals surface area contributed by atoms with Crippen LogP contribution in [0.3, 0.4) is 0 Å². The quantitative estimate of drug-likeness (QED) is 0.562. The number of nitrogens with one attached hydrogen (secondary N) is 1. The first-order valence-corrected chi connectivity index (χ1v) is 4.35. The Morgan fingerprint density at radius 1 is 1.57 bits per heavy atom. The van der Waals surface area contributed by atoms with E-state index in [0.29, 0.717) is 12.8 Å². The van der Waals surface area contributed by atoms with E-state index in [1.807, 2.05) is 0 Å². The first-order valence-electron chi connectivity index (χ1n) is 4.35. The van der Waals surface area contributed by atoms with Crippen molar-refractivity contribution in [3.8, 4) is 0 Å². The number of carbonyl (C=O) groups is 3. The van der Waals surface area contributed by atoms with Crippen LogP contribution in [0.5, 0.6) is 0 Å². The van der Waals surface area contributed by atoms with Gasteiger partial charge in [0.1, 0.15) is 6.04 Å². The van der Waals surface area contributed by atoms with E-state index in [1.54, 1.807) is 0 Å². The minimum absolute atomic E-state index is 0.223. The lowest BCUT2D eigenvalue weighted by Crippen LogP contribution is -2.40. The Bertz CT molecular complexity index is 314. The van der Waals surface area contributed by atoms with E-state index in [1.165, 1.54) is 7.11 Å². The van der Waals surface area contributed by atoms with Gasteiger partial charge < -0.3 is 10.1 Å². The van der Waals surface area contributed by atoms with Gasteiger partial charge in [-0.15, -0.1) is 0 Å². The number of hydrogen-bond acceptors (Lipinski definition) is 4. The largest absolute Gasteiger partial charge is 0.467 e. The van der Waals surface area contributed by atoms with E-state index in [-0.39, 0.29) is 11.9 Å². The Balaban J connectivity index is 2.22. The molecule has 0 aromatic rings. The summed E-state index contributed by atoms with van der Waals surface area (Å²) in [6, 6.07) is -1.55. The maximum Gasteiger partial charge on any atom is 0.330 e. The summed E-state index contributed by atoms with van der Waals surface area (Å²) in [7, 11) is 1.26. The molecule has 0 aromatic carbocycles. The van der Waals surface area contributed by atoms with Gasteiger partial charge >= 0.3 is 12.0 Å². The molecule has 2 unspecified atom stereocenters. The van der Waals surface area contributed by atoms with E-state index < -0.39 is 18.0 Å². The lowest BCUT2D eigenvalue weighted by Gasteiger charge is -2.14. The third kappa shape index (κ3) is 1.07. The number of urea groups is 1. The zero-order valence-corrected chi connectivity index (χ0v) is 7.65. The van der Waals surface area contributed by atoms with E-state index in [2.05, 4.69) is 10.1 Å². The zero-order valence-electron chi connectivity index (χ0n) is 7.65. The predicted molar refractivity (Wildman–Crippen MR) is 44.2 cm³/mol. The van der Waals surface area contributed by atoms with Crippen LogP contribution in [0.15, 0.2) is 0 Å². The summed E-state index contributed by atoms with van der Waals surface area (Å²) >= 11 is 0. The molecule has 0 saturated carbocycles. The van der Waals surface area contributed by atoms with Crippen LogP contribution in [-0.2, 0) is 14.3 Å². The fourth-order valence-electron chi connectivity index (χ4n) is 1.93. The summed E-state index contributed by atoms with van der Waals surface area (Å²) < 4.78 is 4.53. The molecular weight excluding hydrogens is 188 g/mol. The van der Waals surface area contributed by atoms with Crippen molar-refractivity contribution < 1.29 is 19.1 Å². The maximum absolute atomic E-state index is 11.3. The summed E-state index contributed by atoms with van der Waals surface area (Å²) in [5, 5.41) is 2.43. The molecule has 0 radical (unpaired) electrons. The minimum atomic E-state index is -0.695. The number of nitrogens with zero attached hydrogens (tertiary/aromatic N) is 1. The van der Waals surface area contributed by atoms with Crippen LogP contribution in [0.1, 0.15) is 12.8 Å². The summed E-state index contributed by atoms with van der Waals surface area (Å²) in [4.78, 5) is 34.9. The normalized spacial score (nSPS) is 30.2. The molecule has 1 N–H and O–H groups in total. The number of rotatable bonds is 1. The number of methoxy groups -OCH3 is 1. The van der Waals surface area contributed by atoms with Gasteiger partial charge in [-0.2, -0.15) is 0 Å². The van der Waals surface area contributed by atoms with Crippen molar-refractivity contribution in [3.63, 3.8) is 0 Å². The lowest BCUT2D eigenvalue weighted by molar-refractivity contribution is -0.143. The third-order valence-corrected chi connectivity index (χ3v) is 2.59. The molecule has 2 aliphatic rings. The zero-order chi connectivity index (χ0) is 10.3. The van der Waals surface area contributed by atoms with Gasteiger partial charge in [0.05, 0.1) is 13.2 Å². The molecule has 76 valence electrons. The van der Waals surface area contributed by atoms with Gasteiger partial charge in [0.15, 0.2) is 0 Å². The molecule has 0 bridgehead atoms. The van der Waals surface area contributed by atoms with Crippen LogP contribution in [0.4, 0.5) is 4.79 Å². The highest BCUT2D eigenvalue weighted by Gasteiger charge is 2.50. The summed E-state index contributed by atoms with van der Waals surface area (Å²) in [6.45, 7) is 0. The van der Waals surface area contributed by atoms with E-state index in [9.17, 15) is 14.4 Å². The van der Waals surface area contributed by atoms with Crippen molar-refractivity contribution in [2.45, 2.75) is 24.9 Å². The molecule has 6 heteroatoms. The Hall–Kier alpha value is -1.59. The number of ether oxygens (including phenoxy) is 1. The Labute approximate surface area is 80.2 Å². The molecule has 14 heavy (non-hydrogen) atoms. The predicted octanol–water partition coefficient (Wildman–Crippen LogP) is -0.758. The number of carbonyl (C=O) groups excluding carboxylic acids is 3. The van der Waals surface area contributed by atoms with Gasteiger partial charge in [-0.25, -0.2) is 9.59 Å². The summed E-state index contributed by atoms with van der Waals surface area (Å²) in [5.74, 6) is -0.723. The molecule has 2 atom stereocenters. The van der Waals surface area contributed by atoms with Gasteiger partial charge in [-0.05, 0) is 6.42 Å². The minimum Gasteiger partial charge on any atom is -0.467 e.